The maximum absolute atomic E-state index is 11.9. The number of rotatable bonds is 4. The summed E-state index contributed by atoms with van der Waals surface area (Å²) in [6.07, 6.45) is 4.66. The Hall–Kier alpha value is -1.59. The molecule has 2 aliphatic rings. The number of nitrogens with one attached hydrogen (secondary N) is 1. The highest BCUT2D eigenvalue weighted by Gasteiger charge is 2.38. The molecule has 1 aliphatic heterocycles. The predicted molar refractivity (Wildman–Crippen MR) is 67.1 cm³/mol. The molecule has 0 unspecified atom stereocenters. The number of amides is 2. The minimum Gasteiger partial charge on any atom is -0.468 e. The third kappa shape index (κ3) is 3.24. The summed E-state index contributed by atoms with van der Waals surface area (Å²) in [7, 11) is 1.27. The van der Waals surface area contributed by atoms with Crippen molar-refractivity contribution in [2.45, 2.75) is 38.1 Å². The first-order valence-electron chi connectivity index (χ1n) is 6.76. The van der Waals surface area contributed by atoms with E-state index in [0.717, 1.165) is 25.7 Å². The van der Waals surface area contributed by atoms with Gasteiger partial charge >= 0.3 is 5.97 Å². The molecule has 19 heavy (non-hydrogen) atoms. The summed E-state index contributed by atoms with van der Waals surface area (Å²) in [4.78, 5) is 36.6. The summed E-state index contributed by atoms with van der Waals surface area (Å²) in [5, 5.41) is 2.51. The van der Waals surface area contributed by atoms with Gasteiger partial charge < -0.3 is 15.0 Å². The van der Waals surface area contributed by atoms with Gasteiger partial charge in [-0.3, -0.25) is 14.4 Å². The summed E-state index contributed by atoms with van der Waals surface area (Å²) in [6.45, 7) is 0.347. The van der Waals surface area contributed by atoms with Crippen LogP contribution in [-0.4, -0.2) is 48.9 Å². The lowest BCUT2D eigenvalue weighted by Crippen LogP contribution is -2.38. The molecule has 1 heterocycles. The number of nitrogens with zero attached hydrogens (tertiary/aromatic N) is 1. The molecular weight excluding hydrogens is 248 g/mol. The minimum atomic E-state index is -0.481. The second-order valence-corrected chi connectivity index (χ2v) is 5.18. The van der Waals surface area contributed by atoms with E-state index in [0.29, 0.717) is 12.6 Å². The highest BCUT2D eigenvalue weighted by Crippen LogP contribution is 2.29. The predicted octanol–water partition coefficient (Wildman–Crippen LogP) is 0.0667. The highest BCUT2D eigenvalue weighted by atomic mass is 16.5. The van der Waals surface area contributed by atoms with E-state index in [1.807, 2.05) is 4.90 Å². The largest absolute Gasteiger partial charge is 0.468 e. The molecule has 1 N–H and O–H groups in total. The summed E-state index contributed by atoms with van der Waals surface area (Å²) in [6, 6.07) is 0.311. The number of ether oxygens (including phenoxy) is 1. The molecule has 2 amide bonds. The lowest BCUT2D eigenvalue weighted by molar-refractivity contribution is -0.141. The summed E-state index contributed by atoms with van der Waals surface area (Å²) < 4.78 is 4.46. The Balaban J connectivity index is 1.84. The van der Waals surface area contributed by atoms with Crippen LogP contribution in [0.3, 0.4) is 0 Å². The van der Waals surface area contributed by atoms with Gasteiger partial charge in [-0.1, -0.05) is 12.8 Å². The normalized spacial score (nSPS) is 23.7. The summed E-state index contributed by atoms with van der Waals surface area (Å²) in [5.74, 6) is -0.993. The van der Waals surface area contributed by atoms with E-state index in [2.05, 4.69) is 10.1 Å². The number of carbonyl (C=O) groups excluding carboxylic acids is 3. The second kappa shape index (κ2) is 6.04. The molecule has 1 aliphatic carbocycles. The minimum absolute atomic E-state index is 0.0603. The Labute approximate surface area is 112 Å². The standard InChI is InChI=1S/C13H20N2O4/c1-19-12(17)7-14-13(18)9-6-11(16)15(8-9)10-4-2-3-5-10/h9-10H,2-8H2,1H3,(H,14,18)/t9-/m1/s1. The molecule has 2 fully saturated rings. The van der Waals surface area contributed by atoms with Gasteiger partial charge in [0.2, 0.25) is 11.8 Å². The van der Waals surface area contributed by atoms with Gasteiger partial charge in [-0.15, -0.1) is 0 Å². The number of hydrogen-bond acceptors (Lipinski definition) is 4. The van der Waals surface area contributed by atoms with Crippen molar-refractivity contribution in [2.24, 2.45) is 5.92 Å². The van der Waals surface area contributed by atoms with Gasteiger partial charge in [-0.25, -0.2) is 0 Å². The van der Waals surface area contributed by atoms with Gasteiger partial charge in [-0.05, 0) is 12.8 Å². The first-order chi connectivity index (χ1) is 9.11. The van der Waals surface area contributed by atoms with E-state index in [1.165, 1.54) is 7.11 Å². The fourth-order valence-electron chi connectivity index (χ4n) is 2.85. The molecule has 0 aromatic heterocycles. The van der Waals surface area contributed by atoms with E-state index in [9.17, 15) is 14.4 Å². The maximum Gasteiger partial charge on any atom is 0.325 e. The molecule has 6 nitrogen and oxygen atoms in total. The lowest BCUT2D eigenvalue weighted by atomic mass is 10.1. The SMILES string of the molecule is COC(=O)CNC(=O)[C@@H]1CC(=O)N(C2CCCC2)C1. The molecule has 1 saturated heterocycles. The number of likely N-dealkylation sites (tertiary alicyclic amines) is 1. The zero-order chi connectivity index (χ0) is 13.8. The Bertz CT molecular complexity index is 377. The van der Waals surface area contributed by atoms with E-state index in [4.69, 9.17) is 0 Å². The highest BCUT2D eigenvalue weighted by molar-refractivity contribution is 5.90. The van der Waals surface area contributed by atoms with Crippen LogP contribution >= 0.6 is 0 Å². The van der Waals surface area contributed by atoms with Crippen molar-refractivity contribution < 1.29 is 19.1 Å². The van der Waals surface area contributed by atoms with Gasteiger partial charge in [0.1, 0.15) is 6.54 Å². The Morgan fingerprint density at radius 3 is 2.68 bits per heavy atom. The quantitative estimate of drug-likeness (QED) is 0.732. The van der Waals surface area contributed by atoms with Crippen LogP contribution in [0.15, 0.2) is 0 Å². The molecule has 106 valence electrons. The summed E-state index contributed by atoms with van der Waals surface area (Å²) >= 11 is 0. The zero-order valence-electron chi connectivity index (χ0n) is 11.2. The average molecular weight is 268 g/mol. The van der Waals surface area contributed by atoms with Gasteiger partial charge in [0, 0.05) is 19.0 Å². The van der Waals surface area contributed by atoms with Gasteiger partial charge in [-0.2, -0.15) is 0 Å². The van der Waals surface area contributed by atoms with Gasteiger partial charge in [0.15, 0.2) is 0 Å². The number of carbonyl (C=O) groups is 3. The van der Waals surface area contributed by atoms with Gasteiger partial charge in [0.25, 0.3) is 0 Å². The fraction of sp³-hybridized carbons (Fsp3) is 0.769. The van der Waals surface area contributed by atoms with Crippen molar-refractivity contribution in [1.29, 1.82) is 0 Å². The number of esters is 1. The zero-order valence-corrected chi connectivity index (χ0v) is 11.2. The molecule has 0 bridgehead atoms. The third-order valence-corrected chi connectivity index (χ3v) is 3.93. The first kappa shape index (κ1) is 13.8. The van der Waals surface area contributed by atoms with Crippen molar-refractivity contribution >= 4 is 17.8 Å². The maximum atomic E-state index is 11.9. The number of hydrogen-bond donors (Lipinski definition) is 1. The van der Waals surface area contributed by atoms with Crippen molar-refractivity contribution in [1.82, 2.24) is 10.2 Å². The van der Waals surface area contributed by atoms with Crippen LogP contribution in [0.4, 0.5) is 0 Å². The van der Waals surface area contributed by atoms with E-state index in [1.54, 1.807) is 0 Å². The monoisotopic (exact) mass is 268 g/mol. The number of methoxy groups -OCH3 is 1. The van der Waals surface area contributed by atoms with Crippen LogP contribution in [-0.2, 0) is 19.1 Å². The smallest absolute Gasteiger partial charge is 0.325 e. The van der Waals surface area contributed by atoms with Crippen molar-refractivity contribution in [2.75, 3.05) is 20.2 Å². The molecule has 2 rings (SSSR count). The van der Waals surface area contributed by atoms with Crippen LogP contribution in [0, 0.1) is 5.92 Å². The lowest BCUT2D eigenvalue weighted by Gasteiger charge is -2.23. The van der Waals surface area contributed by atoms with E-state index >= 15 is 0 Å². The molecule has 0 aromatic carbocycles. The molecular formula is C13H20N2O4. The van der Waals surface area contributed by atoms with Crippen LogP contribution < -0.4 is 5.32 Å². The molecule has 1 atom stereocenters. The van der Waals surface area contributed by atoms with Gasteiger partial charge in [0.05, 0.1) is 13.0 Å². The van der Waals surface area contributed by atoms with Crippen LogP contribution in [0.2, 0.25) is 0 Å². The second-order valence-electron chi connectivity index (χ2n) is 5.18. The Morgan fingerprint density at radius 1 is 1.37 bits per heavy atom. The van der Waals surface area contributed by atoms with Crippen LogP contribution in [0.25, 0.3) is 0 Å². The molecule has 6 heteroatoms. The average Bonchev–Trinajstić information content (AvgIpc) is 3.04. The Kier molecular flexibility index (Phi) is 4.39. The molecule has 0 aromatic rings. The summed E-state index contributed by atoms with van der Waals surface area (Å²) in [5.41, 5.74) is 0. The van der Waals surface area contributed by atoms with Crippen LogP contribution in [0.5, 0.6) is 0 Å². The third-order valence-electron chi connectivity index (χ3n) is 3.93. The van der Waals surface area contributed by atoms with E-state index in [-0.39, 0.29) is 30.7 Å². The van der Waals surface area contributed by atoms with Crippen molar-refractivity contribution in [3.05, 3.63) is 0 Å². The fourth-order valence-corrected chi connectivity index (χ4v) is 2.85. The molecule has 0 spiro atoms. The molecule has 0 radical (unpaired) electrons. The Morgan fingerprint density at radius 2 is 2.05 bits per heavy atom. The van der Waals surface area contributed by atoms with Crippen LogP contribution in [0.1, 0.15) is 32.1 Å². The molecule has 1 saturated carbocycles. The topological polar surface area (TPSA) is 75.7 Å². The van der Waals surface area contributed by atoms with E-state index < -0.39 is 5.97 Å². The first-order valence-corrected chi connectivity index (χ1v) is 6.76. The van der Waals surface area contributed by atoms with Crippen molar-refractivity contribution in [3.63, 3.8) is 0 Å². The van der Waals surface area contributed by atoms with Crippen molar-refractivity contribution in [3.8, 4) is 0 Å².